The van der Waals surface area contributed by atoms with E-state index in [1.54, 1.807) is 0 Å². The van der Waals surface area contributed by atoms with Crippen molar-refractivity contribution in [2.24, 2.45) is 0 Å². The van der Waals surface area contributed by atoms with Crippen LogP contribution in [0.3, 0.4) is 0 Å². The molecule has 0 radical (unpaired) electrons. The van der Waals surface area contributed by atoms with Gasteiger partial charge in [-0.3, -0.25) is 4.90 Å². The van der Waals surface area contributed by atoms with Gasteiger partial charge in [-0.05, 0) is 19.4 Å². The quantitative estimate of drug-likeness (QED) is 0.886. The Kier molecular flexibility index (Phi) is 4.38. The highest BCUT2D eigenvalue weighted by atomic mass is 16.5. The van der Waals surface area contributed by atoms with Crippen LogP contribution in [-0.2, 0) is 11.3 Å². The van der Waals surface area contributed by atoms with Gasteiger partial charge in [0.05, 0.1) is 12.2 Å². The maximum atomic E-state index is 9.13. The number of nitrogens with zero attached hydrogens (tertiary/aromatic N) is 1. The molecule has 18 heavy (non-hydrogen) atoms. The minimum atomic E-state index is -0.212. The molecule has 0 aliphatic carbocycles. The van der Waals surface area contributed by atoms with Crippen LogP contribution in [0.5, 0.6) is 0 Å². The lowest BCUT2D eigenvalue weighted by molar-refractivity contribution is -0.131. The fraction of sp³-hybridized carbons (Fsp3) is 0.600. The molecule has 1 unspecified atom stereocenters. The van der Waals surface area contributed by atoms with Gasteiger partial charge in [0.25, 0.3) is 0 Å². The first-order valence-electron chi connectivity index (χ1n) is 6.66. The summed E-state index contributed by atoms with van der Waals surface area (Å²) in [7, 11) is 0. The molecule has 0 amide bonds. The normalized spacial score (nSPS) is 29.4. The SMILES string of the molecule is C[C@@H]1COC(C)(CCO)CN1Cc1ccccc1. The van der Waals surface area contributed by atoms with Crippen LogP contribution in [0.15, 0.2) is 30.3 Å². The summed E-state index contributed by atoms with van der Waals surface area (Å²) >= 11 is 0. The van der Waals surface area contributed by atoms with E-state index in [2.05, 4.69) is 43.0 Å². The predicted molar refractivity (Wildman–Crippen MR) is 72.4 cm³/mol. The molecule has 1 N–H and O–H groups in total. The number of aliphatic hydroxyl groups is 1. The number of hydrogen-bond donors (Lipinski definition) is 1. The molecular formula is C15H23NO2. The van der Waals surface area contributed by atoms with E-state index in [1.807, 2.05) is 6.07 Å². The van der Waals surface area contributed by atoms with Crippen LogP contribution in [0.2, 0.25) is 0 Å². The van der Waals surface area contributed by atoms with Crippen molar-refractivity contribution in [2.45, 2.75) is 38.5 Å². The van der Waals surface area contributed by atoms with Gasteiger partial charge < -0.3 is 9.84 Å². The third kappa shape index (κ3) is 3.31. The van der Waals surface area contributed by atoms with Crippen molar-refractivity contribution in [1.29, 1.82) is 0 Å². The summed E-state index contributed by atoms with van der Waals surface area (Å²) < 4.78 is 5.88. The molecule has 1 fully saturated rings. The fourth-order valence-electron chi connectivity index (χ4n) is 2.48. The van der Waals surface area contributed by atoms with Gasteiger partial charge in [-0.1, -0.05) is 30.3 Å². The van der Waals surface area contributed by atoms with E-state index in [0.29, 0.717) is 12.5 Å². The maximum Gasteiger partial charge on any atom is 0.0803 e. The smallest absolute Gasteiger partial charge is 0.0803 e. The summed E-state index contributed by atoms with van der Waals surface area (Å²) in [5.74, 6) is 0. The van der Waals surface area contributed by atoms with Gasteiger partial charge in [-0.2, -0.15) is 0 Å². The highest BCUT2D eigenvalue weighted by molar-refractivity contribution is 5.14. The first kappa shape index (κ1) is 13.5. The first-order valence-corrected chi connectivity index (χ1v) is 6.66. The van der Waals surface area contributed by atoms with Crippen molar-refractivity contribution in [3.8, 4) is 0 Å². The molecule has 0 aromatic heterocycles. The van der Waals surface area contributed by atoms with Crippen molar-refractivity contribution in [3.05, 3.63) is 35.9 Å². The van der Waals surface area contributed by atoms with Crippen molar-refractivity contribution in [2.75, 3.05) is 19.8 Å². The van der Waals surface area contributed by atoms with Gasteiger partial charge in [0, 0.05) is 32.2 Å². The summed E-state index contributed by atoms with van der Waals surface area (Å²) in [5, 5.41) is 9.13. The molecule has 2 rings (SSSR count). The third-order valence-corrected chi connectivity index (χ3v) is 3.70. The zero-order chi connectivity index (χ0) is 13.0. The number of rotatable bonds is 4. The molecule has 1 heterocycles. The van der Waals surface area contributed by atoms with Gasteiger partial charge in [-0.25, -0.2) is 0 Å². The summed E-state index contributed by atoms with van der Waals surface area (Å²) in [5.41, 5.74) is 1.12. The second kappa shape index (κ2) is 5.83. The van der Waals surface area contributed by atoms with E-state index in [1.165, 1.54) is 5.56 Å². The standard InChI is InChI=1S/C15H23NO2/c1-13-11-18-15(2,8-9-17)12-16(13)10-14-6-4-3-5-7-14/h3-7,13,17H,8-12H2,1-2H3/t13-,15?/m1/s1. The Morgan fingerprint density at radius 3 is 2.78 bits per heavy atom. The summed E-state index contributed by atoms with van der Waals surface area (Å²) in [6, 6.07) is 10.9. The molecule has 0 spiro atoms. The number of hydrogen-bond acceptors (Lipinski definition) is 3. The molecule has 0 saturated carbocycles. The fourth-order valence-corrected chi connectivity index (χ4v) is 2.48. The molecule has 100 valence electrons. The van der Waals surface area contributed by atoms with E-state index in [4.69, 9.17) is 9.84 Å². The van der Waals surface area contributed by atoms with Crippen molar-refractivity contribution in [3.63, 3.8) is 0 Å². The monoisotopic (exact) mass is 249 g/mol. The van der Waals surface area contributed by atoms with E-state index >= 15 is 0 Å². The zero-order valence-corrected chi connectivity index (χ0v) is 11.3. The van der Waals surface area contributed by atoms with Crippen molar-refractivity contribution < 1.29 is 9.84 Å². The topological polar surface area (TPSA) is 32.7 Å². The molecule has 1 saturated heterocycles. The number of morpholine rings is 1. The second-order valence-corrected chi connectivity index (χ2v) is 5.47. The van der Waals surface area contributed by atoms with E-state index in [9.17, 15) is 0 Å². The Labute approximate surface area is 109 Å². The van der Waals surface area contributed by atoms with Crippen LogP contribution in [0.1, 0.15) is 25.8 Å². The number of ether oxygens (including phenoxy) is 1. The third-order valence-electron chi connectivity index (χ3n) is 3.70. The highest BCUT2D eigenvalue weighted by Gasteiger charge is 2.34. The lowest BCUT2D eigenvalue weighted by Crippen LogP contribution is -2.54. The van der Waals surface area contributed by atoms with Gasteiger partial charge in [0.2, 0.25) is 0 Å². The van der Waals surface area contributed by atoms with E-state index in [-0.39, 0.29) is 12.2 Å². The maximum absolute atomic E-state index is 9.13. The molecule has 1 aliphatic rings. The minimum absolute atomic E-state index is 0.185. The van der Waals surface area contributed by atoms with Crippen LogP contribution in [0, 0.1) is 0 Å². The van der Waals surface area contributed by atoms with Gasteiger partial charge in [0.15, 0.2) is 0 Å². The summed E-state index contributed by atoms with van der Waals surface area (Å²) in [4.78, 5) is 2.44. The van der Waals surface area contributed by atoms with Crippen LogP contribution < -0.4 is 0 Å². The lowest BCUT2D eigenvalue weighted by Gasteiger charge is -2.44. The highest BCUT2D eigenvalue weighted by Crippen LogP contribution is 2.25. The lowest BCUT2D eigenvalue weighted by atomic mass is 9.98. The Morgan fingerprint density at radius 1 is 1.39 bits per heavy atom. The van der Waals surface area contributed by atoms with Crippen LogP contribution in [0.25, 0.3) is 0 Å². The number of aliphatic hydroxyl groups excluding tert-OH is 1. The predicted octanol–water partition coefficient (Wildman–Crippen LogP) is 2.05. The number of benzene rings is 1. The van der Waals surface area contributed by atoms with E-state index < -0.39 is 0 Å². The zero-order valence-electron chi connectivity index (χ0n) is 11.3. The Balaban J connectivity index is 2.02. The second-order valence-electron chi connectivity index (χ2n) is 5.47. The molecule has 1 aromatic rings. The van der Waals surface area contributed by atoms with Gasteiger partial charge in [0.1, 0.15) is 0 Å². The van der Waals surface area contributed by atoms with Crippen molar-refractivity contribution >= 4 is 0 Å². The molecule has 1 aliphatic heterocycles. The van der Waals surface area contributed by atoms with Gasteiger partial charge in [-0.15, -0.1) is 0 Å². The Hall–Kier alpha value is -0.900. The molecule has 3 heteroatoms. The molecule has 0 bridgehead atoms. The Morgan fingerprint density at radius 2 is 2.11 bits per heavy atom. The van der Waals surface area contributed by atoms with Crippen molar-refractivity contribution in [1.82, 2.24) is 4.90 Å². The van der Waals surface area contributed by atoms with Crippen LogP contribution >= 0.6 is 0 Å². The van der Waals surface area contributed by atoms with Crippen LogP contribution in [-0.4, -0.2) is 41.4 Å². The van der Waals surface area contributed by atoms with Crippen LogP contribution in [0.4, 0.5) is 0 Å². The molecular weight excluding hydrogens is 226 g/mol. The molecule has 3 nitrogen and oxygen atoms in total. The van der Waals surface area contributed by atoms with E-state index in [0.717, 1.165) is 19.7 Å². The summed E-state index contributed by atoms with van der Waals surface area (Å²) in [6.07, 6.45) is 0.699. The molecule has 2 atom stereocenters. The average molecular weight is 249 g/mol. The summed E-state index contributed by atoms with van der Waals surface area (Å²) in [6.45, 7) is 7.04. The van der Waals surface area contributed by atoms with Gasteiger partial charge >= 0.3 is 0 Å². The average Bonchev–Trinajstić information content (AvgIpc) is 2.36. The Bertz CT molecular complexity index is 368. The molecule has 1 aromatic carbocycles. The largest absolute Gasteiger partial charge is 0.396 e. The minimum Gasteiger partial charge on any atom is -0.396 e. The first-order chi connectivity index (χ1) is 8.63.